The average Bonchev–Trinajstić information content (AvgIpc) is 3.12. The first kappa shape index (κ1) is 16.3. The molecule has 1 aromatic carbocycles. The number of carbonyl (C=O) groups is 1. The Morgan fingerprint density at radius 2 is 2.12 bits per heavy atom. The van der Waals surface area contributed by atoms with Gasteiger partial charge in [0.2, 0.25) is 5.91 Å². The molecule has 0 saturated heterocycles. The number of thiazole rings is 1. The van der Waals surface area contributed by atoms with Crippen molar-refractivity contribution in [2.75, 3.05) is 6.54 Å². The third-order valence-electron chi connectivity index (χ3n) is 4.17. The summed E-state index contributed by atoms with van der Waals surface area (Å²) in [4.78, 5) is 16.2. The second-order valence-corrected chi connectivity index (χ2v) is 7.41. The molecule has 1 fully saturated rings. The fourth-order valence-corrected chi connectivity index (χ4v) is 3.61. The van der Waals surface area contributed by atoms with E-state index >= 15 is 0 Å². The van der Waals surface area contributed by atoms with Crippen LogP contribution in [0.3, 0.4) is 0 Å². The van der Waals surface area contributed by atoms with Crippen LogP contribution in [0.1, 0.15) is 31.4 Å². The number of fused-ring (bicyclic) bond motifs is 1. The zero-order valence-corrected chi connectivity index (χ0v) is 14.8. The number of rotatable bonds is 8. The van der Waals surface area contributed by atoms with Crippen molar-refractivity contribution in [2.24, 2.45) is 0 Å². The first-order valence-electron chi connectivity index (χ1n) is 8.73. The van der Waals surface area contributed by atoms with E-state index in [0.29, 0.717) is 19.0 Å². The van der Waals surface area contributed by atoms with E-state index in [0.717, 1.165) is 52.6 Å². The van der Waals surface area contributed by atoms with E-state index in [4.69, 9.17) is 4.42 Å². The molecule has 130 valence electrons. The minimum atomic E-state index is 0.167. The van der Waals surface area contributed by atoms with Crippen molar-refractivity contribution in [1.82, 2.24) is 15.6 Å². The van der Waals surface area contributed by atoms with Crippen LogP contribution < -0.4 is 10.6 Å². The van der Waals surface area contributed by atoms with Gasteiger partial charge in [-0.2, -0.15) is 0 Å². The van der Waals surface area contributed by atoms with Crippen molar-refractivity contribution >= 4 is 27.5 Å². The maximum absolute atomic E-state index is 11.6. The quantitative estimate of drug-likeness (QED) is 0.605. The standard InChI is InChI=1S/C19H21N3O2S/c23-18(21-13-7-8-13)6-3-11-20-12-14-9-10-16(24-14)19-22-15-4-1-2-5-17(15)25-19/h1-2,4-5,9-10,13,20H,3,6-8,11-12H2,(H,21,23). The summed E-state index contributed by atoms with van der Waals surface area (Å²) >= 11 is 1.64. The minimum absolute atomic E-state index is 0.167. The van der Waals surface area contributed by atoms with Crippen LogP contribution in [0.25, 0.3) is 21.0 Å². The SMILES string of the molecule is O=C(CCCNCc1ccc(-c2nc3ccccc3s2)o1)NC1CC1. The number of amides is 1. The highest BCUT2D eigenvalue weighted by Crippen LogP contribution is 2.31. The van der Waals surface area contributed by atoms with Crippen LogP contribution in [0.5, 0.6) is 0 Å². The van der Waals surface area contributed by atoms with Gasteiger partial charge in [-0.25, -0.2) is 4.98 Å². The number of hydrogen-bond donors (Lipinski definition) is 2. The van der Waals surface area contributed by atoms with E-state index in [1.165, 1.54) is 0 Å². The van der Waals surface area contributed by atoms with Gasteiger partial charge >= 0.3 is 0 Å². The Morgan fingerprint density at radius 3 is 2.96 bits per heavy atom. The number of benzene rings is 1. The molecule has 5 nitrogen and oxygen atoms in total. The highest BCUT2D eigenvalue weighted by molar-refractivity contribution is 7.21. The molecule has 2 N–H and O–H groups in total. The van der Waals surface area contributed by atoms with Gasteiger partial charge in [0, 0.05) is 12.5 Å². The van der Waals surface area contributed by atoms with Crippen molar-refractivity contribution in [3.8, 4) is 10.8 Å². The second kappa shape index (κ2) is 7.37. The number of carbonyl (C=O) groups excluding carboxylic acids is 1. The second-order valence-electron chi connectivity index (χ2n) is 6.37. The molecule has 0 bridgehead atoms. The van der Waals surface area contributed by atoms with Gasteiger partial charge in [0.1, 0.15) is 5.76 Å². The molecule has 1 aliphatic rings. The van der Waals surface area contributed by atoms with Crippen molar-refractivity contribution < 1.29 is 9.21 Å². The van der Waals surface area contributed by atoms with Crippen molar-refractivity contribution in [2.45, 2.75) is 38.3 Å². The van der Waals surface area contributed by atoms with E-state index in [1.54, 1.807) is 11.3 Å². The number of para-hydroxylation sites is 1. The molecule has 1 saturated carbocycles. The van der Waals surface area contributed by atoms with Gasteiger partial charge in [-0.15, -0.1) is 11.3 Å². The number of nitrogens with one attached hydrogen (secondary N) is 2. The molecule has 4 rings (SSSR count). The Balaban J connectivity index is 1.24. The molecule has 25 heavy (non-hydrogen) atoms. The average molecular weight is 355 g/mol. The Hall–Kier alpha value is -2.18. The number of aromatic nitrogens is 1. The smallest absolute Gasteiger partial charge is 0.220 e. The predicted molar refractivity (Wildman–Crippen MR) is 99.4 cm³/mol. The Morgan fingerprint density at radius 1 is 1.24 bits per heavy atom. The summed E-state index contributed by atoms with van der Waals surface area (Å²) in [5.41, 5.74) is 1.00. The van der Waals surface area contributed by atoms with Crippen molar-refractivity contribution in [1.29, 1.82) is 0 Å². The summed E-state index contributed by atoms with van der Waals surface area (Å²) in [5, 5.41) is 7.24. The van der Waals surface area contributed by atoms with Gasteiger partial charge in [-0.05, 0) is 50.1 Å². The van der Waals surface area contributed by atoms with Gasteiger partial charge in [0.15, 0.2) is 10.8 Å². The summed E-state index contributed by atoms with van der Waals surface area (Å²) in [6, 6.07) is 12.5. The van der Waals surface area contributed by atoms with Gasteiger partial charge in [-0.3, -0.25) is 4.79 Å². The van der Waals surface area contributed by atoms with Gasteiger partial charge in [-0.1, -0.05) is 12.1 Å². The number of nitrogens with zero attached hydrogens (tertiary/aromatic N) is 1. The van der Waals surface area contributed by atoms with E-state index in [1.807, 2.05) is 30.3 Å². The van der Waals surface area contributed by atoms with Crippen molar-refractivity contribution in [3.05, 3.63) is 42.2 Å². The Bertz CT molecular complexity index is 833. The third kappa shape index (κ3) is 4.27. The van der Waals surface area contributed by atoms with Gasteiger partial charge in [0.05, 0.1) is 16.8 Å². The van der Waals surface area contributed by atoms with E-state index in [2.05, 4.69) is 21.7 Å². The van der Waals surface area contributed by atoms with Crippen LogP contribution in [0.4, 0.5) is 0 Å². The van der Waals surface area contributed by atoms with Gasteiger partial charge in [0.25, 0.3) is 0 Å². The van der Waals surface area contributed by atoms with Crippen LogP contribution >= 0.6 is 11.3 Å². The first-order valence-corrected chi connectivity index (χ1v) is 9.54. The number of hydrogen-bond acceptors (Lipinski definition) is 5. The molecule has 1 aliphatic carbocycles. The molecule has 6 heteroatoms. The summed E-state index contributed by atoms with van der Waals surface area (Å²) in [6.45, 7) is 1.46. The molecular weight excluding hydrogens is 334 g/mol. The van der Waals surface area contributed by atoms with Crippen LogP contribution in [0.15, 0.2) is 40.8 Å². The predicted octanol–water partition coefficient (Wildman–Crippen LogP) is 3.70. The van der Waals surface area contributed by atoms with Crippen LogP contribution in [-0.4, -0.2) is 23.5 Å². The molecule has 2 aromatic heterocycles. The zero-order valence-electron chi connectivity index (χ0n) is 14.0. The maximum atomic E-state index is 11.6. The van der Waals surface area contributed by atoms with E-state index < -0.39 is 0 Å². The highest BCUT2D eigenvalue weighted by Gasteiger charge is 2.22. The monoisotopic (exact) mass is 355 g/mol. The summed E-state index contributed by atoms with van der Waals surface area (Å²) in [5.74, 6) is 1.86. The molecule has 0 atom stereocenters. The molecular formula is C19H21N3O2S. The molecule has 0 radical (unpaired) electrons. The lowest BCUT2D eigenvalue weighted by molar-refractivity contribution is -0.121. The van der Waals surface area contributed by atoms with Crippen LogP contribution in [-0.2, 0) is 11.3 Å². The van der Waals surface area contributed by atoms with Crippen LogP contribution in [0, 0.1) is 0 Å². The normalized spacial score (nSPS) is 14.1. The zero-order chi connectivity index (χ0) is 17.1. The van der Waals surface area contributed by atoms with E-state index in [-0.39, 0.29) is 5.91 Å². The number of furan rings is 1. The topological polar surface area (TPSA) is 67.2 Å². The fraction of sp³-hybridized carbons (Fsp3) is 0.368. The third-order valence-corrected chi connectivity index (χ3v) is 5.22. The summed E-state index contributed by atoms with van der Waals surface area (Å²) in [7, 11) is 0. The molecule has 1 amide bonds. The molecule has 0 aliphatic heterocycles. The fourth-order valence-electron chi connectivity index (χ4n) is 2.68. The Labute approximate surface area is 150 Å². The largest absolute Gasteiger partial charge is 0.457 e. The lowest BCUT2D eigenvalue weighted by Crippen LogP contribution is -2.26. The maximum Gasteiger partial charge on any atom is 0.220 e. The molecule has 0 unspecified atom stereocenters. The minimum Gasteiger partial charge on any atom is -0.457 e. The lowest BCUT2D eigenvalue weighted by Gasteiger charge is -2.04. The first-order chi connectivity index (χ1) is 12.3. The molecule has 0 spiro atoms. The molecule has 2 heterocycles. The Kier molecular flexibility index (Phi) is 4.81. The molecule has 3 aromatic rings. The van der Waals surface area contributed by atoms with Crippen molar-refractivity contribution in [3.63, 3.8) is 0 Å². The van der Waals surface area contributed by atoms with Crippen LogP contribution in [0.2, 0.25) is 0 Å². The highest BCUT2D eigenvalue weighted by atomic mass is 32.1. The lowest BCUT2D eigenvalue weighted by atomic mass is 10.3. The van der Waals surface area contributed by atoms with E-state index in [9.17, 15) is 4.79 Å². The van der Waals surface area contributed by atoms with Gasteiger partial charge < -0.3 is 15.1 Å². The summed E-state index contributed by atoms with van der Waals surface area (Å²) in [6.07, 6.45) is 3.70. The summed E-state index contributed by atoms with van der Waals surface area (Å²) < 4.78 is 7.06.